The highest BCUT2D eigenvalue weighted by Crippen LogP contribution is 2.32. The van der Waals surface area contributed by atoms with Crippen molar-refractivity contribution in [2.75, 3.05) is 0 Å². The first-order valence-electron chi connectivity index (χ1n) is 8.60. The number of imidazole rings is 1. The van der Waals surface area contributed by atoms with E-state index in [4.69, 9.17) is 4.98 Å². The maximum absolute atomic E-state index is 4.69. The van der Waals surface area contributed by atoms with Crippen LogP contribution in [0.1, 0.15) is 25.3 Å². The molecule has 0 aliphatic heterocycles. The molecule has 0 atom stereocenters. The normalized spacial score (nSPS) is 11.4. The van der Waals surface area contributed by atoms with E-state index in [0.717, 1.165) is 33.4 Å². The summed E-state index contributed by atoms with van der Waals surface area (Å²) < 4.78 is 2.05. The maximum Gasteiger partial charge on any atom is 0.0955 e. The van der Waals surface area contributed by atoms with Crippen molar-refractivity contribution >= 4 is 11.0 Å². The minimum Gasteiger partial charge on any atom is -0.334 e. The predicted molar refractivity (Wildman–Crippen MR) is 103 cm³/mol. The molecule has 2 aromatic carbocycles. The number of pyridine rings is 1. The summed E-state index contributed by atoms with van der Waals surface area (Å²) in [5.41, 5.74) is 7.96. The molecule has 0 saturated heterocycles. The fourth-order valence-electron chi connectivity index (χ4n) is 3.21. The molecule has 3 nitrogen and oxygen atoms in total. The molecule has 0 saturated carbocycles. The smallest absolute Gasteiger partial charge is 0.0955 e. The van der Waals surface area contributed by atoms with E-state index < -0.39 is 0 Å². The van der Waals surface area contributed by atoms with E-state index in [0.29, 0.717) is 5.92 Å². The van der Waals surface area contributed by atoms with Crippen LogP contribution in [-0.2, 0) is 7.05 Å². The van der Waals surface area contributed by atoms with Gasteiger partial charge in [0.1, 0.15) is 0 Å². The summed E-state index contributed by atoms with van der Waals surface area (Å²) in [5.74, 6) is 0.498. The number of nitrogens with zero attached hydrogens (tertiary/aromatic N) is 3. The van der Waals surface area contributed by atoms with Crippen molar-refractivity contribution in [3.8, 4) is 22.4 Å². The molecular weight excluding hydrogens is 306 g/mol. The zero-order chi connectivity index (χ0) is 17.4. The molecule has 2 aromatic heterocycles. The molecule has 0 aliphatic rings. The van der Waals surface area contributed by atoms with Crippen LogP contribution in [0.3, 0.4) is 0 Å². The lowest BCUT2D eigenvalue weighted by Crippen LogP contribution is -1.92. The van der Waals surface area contributed by atoms with Crippen molar-refractivity contribution in [2.45, 2.75) is 19.8 Å². The van der Waals surface area contributed by atoms with Crippen LogP contribution in [0.25, 0.3) is 33.4 Å². The Kier molecular flexibility index (Phi) is 3.85. The number of fused-ring (bicyclic) bond motifs is 1. The zero-order valence-electron chi connectivity index (χ0n) is 14.8. The molecule has 25 heavy (non-hydrogen) atoms. The highest BCUT2D eigenvalue weighted by molar-refractivity contribution is 5.87. The highest BCUT2D eigenvalue weighted by Gasteiger charge is 2.11. The van der Waals surface area contributed by atoms with Gasteiger partial charge in [0.05, 0.1) is 23.1 Å². The lowest BCUT2D eigenvalue weighted by Gasteiger charge is -2.12. The van der Waals surface area contributed by atoms with E-state index in [1.807, 2.05) is 30.2 Å². The Labute approximate surface area is 148 Å². The van der Waals surface area contributed by atoms with Crippen LogP contribution < -0.4 is 0 Å². The Bertz CT molecular complexity index is 1040. The second kappa shape index (κ2) is 6.17. The van der Waals surface area contributed by atoms with E-state index in [-0.39, 0.29) is 0 Å². The second-order valence-electron chi connectivity index (χ2n) is 6.74. The van der Waals surface area contributed by atoms with Gasteiger partial charge < -0.3 is 4.57 Å². The van der Waals surface area contributed by atoms with Gasteiger partial charge in [-0.2, -0.15) is 0 Å². The van der Waals surface area contributed by atoms with E-state index in [1.165, 1.54) is 5.56 Å². The quantitative estimate of drug-likeness (QED) is 0.502. The molecule has 0 spiro atoms. The standard InChI is InChI=1S/C22H21N3/c1-15(2)16-6-4-7-18(12-16)22-19(8-5-11-23-22)17-9-10-20-21(13-17)25(3)14-24-20/h4-15H,1-3H3. The maximum atomic E-state index is 4.69. The first-order chi connectivity index (χ1) is 12.1. The number of rotatable bonds is 3. The van der Waals surface area contributed by atoms with Crippen LogP contribution in [0.15, 0.2) is 67.1 Å². The summed E-state index contributed by atoms with van der Waals surface area (Å²) in [5, 5.41) is 0. The average Bonchev–Trinajstić information content (AvgIpc) is 3.02. The average molecular weight is 327 g/mol. The summed E-state index contributed by atoms with van der Waals surface area (Å²) in [6.45, 7) is 4.43. The molecule has 3 heteroatoms. The molecular formula is C22H21N3. The Morgan fingerprint density at radius 1 is 0.880 bits per heavy atom. The third-order valence-corrected chi connectivity index (χ3v) is 4.67. The number of benzene rings is 2. The molecule has 0 radical (unpaired) electrons. The summed E-state index contributed by atoms with van der Waals surface area (Å²) in [6.07, 6.45) is 3.72. The lowest BCUT2D eigenvalue weighted by molar-refractivity contribution is 0.867. The molecule has 0 fully saturated rings. The van der Waals surface area contributed by atoms with Crippen LogP contribution in [0, 0.1) is 0 Å². The Morgan fingerprint density at radius 2 is 1.76 bits per heavy atom. The van der Waals surface area contributed by atoms with E-state index in [9.17, 15) is 0 Å². The Morgan fingerprint density at radius 3 is 2.60 bits per heavy atom. The number of aromatic nitrogens is 3. The minimum atomic E-state index is 0.498. The highest BCUT2D eigenvalue weighted by atomic mass is 15.0. The molecule has 4 rings (SSSR count). The van der Waals surface area contributed by atoms with Gasteiger partial charge in [0.25, 0.3) is 0 Å². The van der Waals surface area contributed by atoms with E-state index in [2.05, 4.69) is 67.4 Å². The molecule has 2 heterocycles. The first kappa shape index (κ1) is 15.6. The second-order valence-corrected chi connectivity index (χ2v) is 6.74. The van der Waals surface area contributed by atoms with Gasteiger partial charge in [-0.1, -0.05) is 44.2 Å². The van der Waals surface area contributed by atoms with Gasteiger partial charge in [-0.3, -0.25) is 4.98 Å². The lowest BCUT2D eigenvalue weighted by atomic mass is 9.95. The van der Waals surface area contributed by atoms with Gasteiger partial charge in [-0.05, 0) is 41.3 Å². The van der Waals surface area contributed by atoms with Crippen LogP contribution in [0.2, 0.25) is 0 Å². The van der Waals surface area contributed by atoms with Crippen LogP contribution in [0.5, 0.6) is 0 Å². The Hall–Kier alpha value is -2.94. The van der Waals surface area contributed by atoms with Crippen molar-refractivity contribution in [3.63, 3.8) is 0 Å². The summed E-state index contributed by atoms with van der Waals surface area (Å²) >= 11 is 0. The zero-order valence-corrected chi connectivity index (χ0v) is 14.8. The number of aryl methyl sites for hydroxylation is 1. The van der Waals surface area contributed by atoms with Gasteiger partial charge in [-0.15, -0.1) is 0 Å². The van der Waals surface area contributed by atoms with Gasteiger partial charge in [0.2, 0.25) is 0 Å². The van der Waals surface area contributed by atoms with Crippen molar-refractivity contribution in [1.29, 1.82) is 0 Å². The largest absolute Gasteiger partial charge is 0.334 e. The molecule has 0 N–H and O–H groups in total. The van der Waals surface area contributed by atoms with Crippen molar-refractivity contribution in [2.24, 2.45) is 7.05 Å². The first-order valence-corrected chi connectivity index (χ1v) is 8.60. The molecule has 0 aliphatic carbocycles. The monoisotopic (exact) mass is 327 g/mol. The van der Waals surface area contributed by atoms with Crippen LogP contribution in [0.4, 0.5) is 0 Å². The van der Waals surface area contributed by atoms with Gasteiger partial charge in [-0.25, -0.2) is 4.98 Å². The van der Waals surface area contributed by atoms with Gasteiger partial charge in [0.15, 0.2) is 0 Å². The van der Waals surface area contributed by atoms with Crippen LogP contribution >= 0.6 is 0 Å². The molecule has 124 valence electrons. The molecule has 0 amide bonds. The summed E-state index contributed by atoms with van der Waals surface area (Å²) in [7, 11) is 2.02. The Balaban J connectivity index is 1.88. The van der Waals surface area contributed by atoms with Gasteiger partial charge >= 0.3 is 0 Å². The predicted octanol–water partition coefficient (Wildman–Crippen LogP) is 5.43. The third kappa shape index (κ3) is 2.82. The van der Waals surface area contributed by atoms with Crippen molar-refractivity contribution < 1.29 is 0 Å². The van der Waals surface area contributed by atoms with Crippen molar-refractivity contribution in [3.05, 3.63) is 72.7 Å². The summed E-state index contributed by atoms with van der Waals surface area (Å²) in [4.78, 5) is 9.11. The third-order valence-electron chi connectivity index (χ3n) is 4.67. The van der Waals surface area contributed by atoms with E-state index >= 15 is 0 Å². The van der Waals surface area contributed by atoms with Crippen molar-refractivity contribution in [1.82, 2.24) is 14.5 Å². The topological polar surface area (TPSA) is 30.7 Å². The fourth-order valence-corrected chi connectivity index (χ4v) is 3.21. The molecule has 0 unspecified atom stereocenters. The molecule has 0 bridgehead atoms. The minimum absolute atomic E-state index is 0.498. The van der Waals surface area contributed by atoms with Gasteiger partial charge in [0, 0.05) is 24.4 Å². The number of hydrogen-bond donors (Lipinski definition) is 0. The SMILES string of the molecule is CC(C)c1cccc(-c2ncccc2-c2ccc3ncn(C)c3c2)c1. The van der Waals surface area contributed by atoms with Crippen LogP contribution in [-0.4, -0.2) is 14.5 Å². The molecule has 4 aromatic rings. The van der Waals surface area contributed by atoms with E-state index in [1.54, 1.807) is 0 Å². The number of hydrogen-bond acceptors (Lipinski definition) is 2. The summed E-state index contributed by atoms with van der Waals surface area (Å²) in [6, 6.07) is 19.2. The fraction of sp³-hybridized carbons (Fsp3) is 0.182.